The lowest BCUT2D eigenvalue weighted by Crippen LogP contribution is -2.64. The molecule has 310 valence electrons. The Hall–Kier alpha value is -4.32. The Morgan fingerprint density at radius 1 is 0.818 bits per heavy atom. The molecule has 1 heterocycles. The zero-order valence-electron chi connectivity index (χ0n) is 30.8. The van der Waals surface area contributed by atoms with Crippen LogP contribution < -0.4 is 49.1 Å². The molecule has 2 rings (SSSR count). The zero-order chi connectivity index (χ0) is 41.1. The Kier molecular flexibility index (Phi) is 20.1. The van der Waals surface area contributed by atoms with Crippen molar-refractivity contribution in [2.75, 3.05) is 39.5 Å². The third kappa shape index (κ3) is 15.8. The summed E-state index contributed by atoms with van der Waals surface area (Å²) in [4.78, 5) is 76.6. The predicted octanol–water partition coefficient (Wildman–Crippen LogP) is -6.02. The number of rotatable bonds is 28. The van der Waals surface area contributed by atoms with Gasteiger partial charge in [0.05, 0.1) is 44.6 Å². The van der Waals surface area contributed by atoms with E-state index in [4.69, 9.17) is 27.0 Å². The maximum Gasteiger partial charge on any atom is 0.303 e. The zero-order valence-corrected chi connectivity index (χ0v) is 30.8. The smallest absolute Gasteiger partial charge is 0.303 e. The Bertz CT molecular complexity index is 1400. The fourth-order valence-corrected chi connectivity index (χ4v) is 5.55. The van der Waals surface area contributed by atoms with Crippen LogP contribution >= 0.6 is 0 Å². The number of benzene rings is 1. The average molecular weight is 784 g/mol. The summed E-state index contributed by atoms with van der Waals surface area (Å²) in [6, 6.07) is 0.229. The maximum absolute atomic E-state index is 13.5. The number of carboxylic acids is 1. The molecule has 21 heteroatoms. The van der Waals surface area contributed by atoms with Crippen LogP contribution in [0.4, 0.5) is 0 Å². The fourth-order valence-electron chi connectivity index (χ4n) is 5.55. The van der Waals surface area contributed by atoms with Gasteiger partial charge in [-0.15, -0.1) is 0 Å². The van der Waals surface area contributed by atoms with Gasteiger partial charge in [0.15, 0.2) is 5.72 Å². The molecule has 0 bridgehead atoms. The van der Waals surface area contributed by atoms with E-state index in [1.54, 1.807) is 30.3 Å². The summed E-state index contributed by atoms with van der Waals surface area (Å²) in [5.74, 6) is -5.61. The number of hydrogen-bond donors (Lipinski definition) is 14. The van der Waals surface area contributed by atoms with Gasteiger partial charge in [-0.25, -0.2) is 0 Å². The quantitative estimate of drug-likeness (QED) is 0.0278. The van der Waals surface area contributed by atoms with E-state index >= 15 is 0 Å². The van der Waals surface area contributed by atoms with Crippen LogP contribution in [0.1, 0.15) is 44.6 Å². The van der Waals surface area contributed by atoms with Crippen molar-refractivity contribution in [1.29, 1.82) is 0 Å². The van der Waals surface area contributed by atoms with E-state index in [1.807, 2.05) is 0 Å². The van der Waals surface area contributed by atoms with Crippen molar-refractivity contribution in [1.82, 2.24) is 31.9 Å². The second kappa shape index (κ2) is 23.6. The van der Waals surface area contributed by atoms with Crippen LogP contribution in [0, 0.1) is 0 Å². The van der Waals surface area contributed by atoms with Crippen molar-refractivity contribution in [3.05, 3.63) is 35.9 Å². The number of nitrogens with two attached hydrogens (primary N) is 3. The van der Waals surface area contributed by atoms with E-state index < -0.39 is 116 Å². The molecule has 0 aliphatic carbocycles. The highest BCUT2D eigenvalue weighted by Crippen LogP contribution is 2.31. The first-order valence-corrected chi connectivity index (χ1v) is 18.0. The van der Waals surface area contributed by atoms with Crippen LogP contribution in [-0.4, -0.2) is 155 Å². The minimum atomic E-state index is -1.66. The number of ether oxygens (including phenoxy) is 1. The minimum absolute atomic E-state index is 0.0276. The van der Waals surface area contributed by atoms with Crippen LogP contribution in [0.3, 0.4) is 0 Å². The van der Waals surface area contributed by atoms with E-state index in [0.29, 0.717) is 19.4 Å². The number of aliphatic hydroxyl groups excluding tert-OH is 4. The summed E-state index contributed by atoms with van der Waals surface area (Å²) < 4.78 is 5.69. The number of carboxylic acid groups (broad SMARTS) is 1. The molecular weight excluding hydrogens is 726 g/mol. The average Bonchev–Trinajstić information content (AvgIpc) is 3.94. The fraction of sp³-hybridized carbons (Fsp3) is 0.647. The van der Waals surface area contributed by atoms with E-state index in [9.17, 15) is 49.2 Å². The number of carbonyl (C=O) groups is 6. The van der Waals surface area contributed by atoms with Gasteiger partial charge in [0, 0.05) is 25.4 Å². The molecule has 0 radical (unpaired) electrons. The van der Waals surface area contributed by atoms with E-state index in [0.717, 1.165) is 5.56 Å². The summed E-state index contributed by atoms with van der Waals surface area (Å²) in [5, 5.41) is 64.5. The number of epoxide rings is 1. The van der Waals surface area contributed by atoms with Crippen LogP contribution in [-0.2, 0) is 39.9 Å². The molecule has 55 heavy (non-hydrogen) atoms. The predicted molar refractivity (Wildman–Crippen MR) is 195 cm³/mol. The van der Waals surface area contributed by atoms with Crippen molar-refractivity contribution in [3.8, 4) is 0 Å². The number of amides is 5. The SMILES string of the molecule is CC(O)[C@H](NC(=O)[C@H](CCC(=O)O)NC[C@@H](N)CO)C(=O)N[C@@H](CO)C(=O)N[C@@H](CCCCN)C1(N[C@@H](CO)C(=O)N[C@@H](Cc2ccccc2)C(N)=O)CO1. The molecule has 1 aromatic carbocycles. The van der Waals surface area contributed by atoms with Crippen molar-refractivity contribution in [2.24, 2.45) is 17.2 Å². The minimum Gasteiger partial charge on any atom is -0.481 e. The van der Waals surface area contributed by atoms with E-state index in [-0.39, 0.29) is 32.4 Å². The normalized spacial score (nSPS) is 19.3. The lowest BCUT2D eigenvalue weighted by molar-refractivity contribution is -0.138. The van der Waals surface area contributed by atoms with Crippen molar-refractivity contribution in [3.63, 3.8) is 0 Å². The molecule has 1 aliphatic heterocycles. The van der Waals surface area contributed by atoms with Crippen molar-refractivity contribution < 1.29 is 59.0 Å². The number of aliphatic carboxylic acids is 1. The Balaban J connectivity index is 2.18. The molecule has 0 saturated carbocycles. The molecule has 1 fully saturated rings. The number of hydrogen-bond acceptors (Lipinski definition) is 15. The first-order valence-electron chi connectivity index (χ1n) is 18.0. The van der Waals surface area contributed by atoms with Crippen LogP contribution in [0.15, 0.2) is 30.3 Å². The molecule has 17 N–H and O–H groups in total. The number of unbranched alkanes of at least 4 members (excludes halogenated alkanes) is 1. The lowest BCUT2D eigenvalue weighted by Gasteiger charge is -2.31. The Labute approximate surface area is 318 Å². The topological polar surface area (TPSA) is 366 Å². The van der Waals surface area contributed by atoms with Gasteiger partial charge in [-0.05, 0) is 44.7 Å². The Morgan fingerprint density at radius 3 is 1.95 bits per heavy atom. The van der Waals surface area contributed by atoms with E-state index in [1.165, 1.54) is 6.92 Å². The highest BCUT2D eigenvalue weighted by Gasteiger charge is 2.54. The van der Waals surface area contributed by atoms with Crippen LogP contribution in [0.2, 0.25) is 0 Å². The van der Waals surface area contributed by atoms with Gasteiger partial charge < -0.3 is 74.1 Å². The molecule has 21 nitrogen and oxygen atoms in total. The van der Waals surface area contributed by atoms with Gasteiger partial charge in [-0.1, -0.05) is 30.3 Å². The third-order valence-electron chi connectivity index (χ3n) is 8.84. The summed E-state index contributed by atoms with van der Waals surface area (Å²) in [6.45, 7) is -0.680. The number of aliphatic hydroxyl groups is 4. The molecular formula is C34H57N9O12. The van der Waals surface area contributed by atoms with Crippen LogP contribution in [0.5, 0.6) is 0 Å². The van der Waals surface area contributed by atoms with Gasteiger partial charge in [0.1, 0.15) is 24.2 Å². The van der Waals surface area contributed by atoms with Gasteiger partial charge in [-0.3, -0.25) is 34.1 Å². The maximum atomic E-state index is 13.5. The third-order valence-corrected chi connectivity index (χ3v) is 8.84. The molecule has 1 aliphatic rings. The summed E-state index contributed by atoms with van der Waals surface area (Å²) in [7, 11) is 0. The lowest BCUT2D eigenvalue weighted by atomic mass is 10.00. The summed E-state index contributed by atoms with van der Waals surface area (Å²) in [5.41, 5.74) is 16.2. The monoisotopic (exact) mass is 783 g/mol. The molecule has 1 saturated heterocycles. The standard InChI is InChI=1S/C34H57N9O12/c1-19(47)28(42-30(51)22(10-11-27(48)49)38-14-21(36)15-44)33(54)40-24(16-45)31(52)41-26(9-5-6-12-35)34(18-55-34)43-25(17-46)32(53)39-23(29(37)50)13-20-7-3-2-4-8-20/h2-4,7-8,19,21-26,28,38,43-47H,5-6,9-18,35-36H2,1H3,(H2,37,50)(H,39,53)(H,40,54)(H,41,52)(H,42,51)(H,48,49)/t19?,21-,22+,23+,24+,25+,26+,28+,34?/m1/s1. The molecule has 5 amide bonds. The number of primary amides is 1. The molecule has 2 unspecified atom stereocenters. The summed E-state index contributed by atoms with van der Waals surface area (Å²) >= 11 is 0. The number of nitrogens with one attached hydrogen (secondary N) is 6. The van der Waals surface area contributed by atoms with Gasteiger partial charge in [-0.2, -0.15) is 0 Å². The molecule has 1 aromatic rings. The number of carbonyl (C=O) groups excluding carboxylic acids is 5. The van der Waals surface area contributed by atoms with Crippen molar-refractivity contribution in [2.45, 2.75) is 99.6 Å². The summed E-state index contributed by atoms with van der Waals surface area (Å²) in [6.07, 6.45) is -0.849. The first-order chi connectivity index (χ1) is 26.1. The molecule has 9 atom stereocenters. The first kappa shape index (κ1) is 46.8. The van der Waals surface area contributed by atoms with Gasteiger partial charge in [0.25, 0.3) is 0 Å². The highest BCUT2D eigenvalue weighted by molar-refractivity contribution is 5.94. The second-order valence-electron chi connectivity index (χ2n) is 13.4. The van der Waals surface area contributed by atoms with Gasteiger partial charge in [0.2, 0.25) is 29.5 Å². The molecule has 0 aromatic heterocycles. The highest BCUT2D eigenvalue weighted by atomic mass is 16.6. The second-order valence-corrected chi connectivity index (χ2v) is 13.4. The van der Waals surface area contributed by atoms with Gasteiger partial charge >= 0.3 is 5.97 Å². The van der Waals surface area contributed by atoms with Crippen molar-refractivity contribution >= 4 is 35.5 Å². The molecule has 0 spiro atoms. The Morgan fingerprint density at radius 2 is 1.42 bits per heavy atom. The van der Waals surface area contributed by atoms with Crippen LogP contribution in [0.25, 0.3) is 0 Å². The largest absolute Gasteiger partial charge is 0.481 e. The van der Waals surface area contributed by atoms with E-state index in [2.05, 4.69) is 31.9 Å².